The van der Waals surface area contributed by atoms with Gasteiger partial charge in [0.25, 0.3) is 0 Å². The zero-order chi connectivity index (χ0) is 17.6. The van der Waals surface area contributed by atoms with Gasteiger partial charge in [-0.15, -0.1) is 0 Å². The normalized spacial score (nSPS) is 17.9. The van der Waals surface area contributed by atoms with Crippen LogP contribution in [0.15, 0.2) is 30.7 Å². The van der Waals surface area contributed by atoms with Crippen molar-refractivity contribution in [3.8, 4) is 0 Å². The van der Waals surface area contributed by atoms with E-state index in [1.165, 1.54) is 0 Å². The van der Waals surface area contributed by atoms with Crippen molar-refractivity contribution in [1.82, 2.24) is 24.8 Å². The van der Waals surface area contributed by atoms with Crippen LogP contribution in [0.2, 0.25) is 0 Å². The Kier molecular flexibility index (Phi) is 5.78. The molecule has 2 aromatic heterocycles. The minimum Gasteiger partial charge on any atom is -0.367 e. The Balaban J connectivity index is 1.47. The maximum atomic E-state index is 12.5. The van der Waals surface area contributed by atoms with E-state index in [0.29, 0.717) is 26.1 Å². The van der Waals surface area contributed by atoms with Crippen LogP contribution in [0.3, 0.4) is 0 Å². The lowest BCUT2D eigenvalue weighted by Gasteiger charge is -2.32. The molecule has 25 heavy (non-hydrogen) atoms. The number of carbonyl (C=O) groups excluding carboxylic acids is 1. The quantitative estimate of drug-likeness (QED) is 0.861. The van der Waals surface area contributed by atoms with Crippen molar-refractivity contribution in [3.63, 3.8) is 0 Å². The molecule has 3 heterocycles. The lowest BCUT2D eigenvalue weighted by Crippen LogP contribution is -2.43. The summed E-state index contributed by atoms with van der Waals surface area (Å²) in [5.74, 6) is 0.957. The summed E-state index contributed by atoms with van der Waals surface area (Å²) in [7, 11) is 2.02. The van der Waals surface area contributed by atoms with Crippen LogP contribution in [0.4, 0.5) is 0 Å². The van der Waals surface area contributed by atoms with Gasteiger partial charge in [0.05, 0.1) is 13.2 Å². The van der Waals surface area contributed by atoms with E-state index < -0.39 is 0 Å². The number of imidazole rings is 1. The van der Waals surface area contributed by atoms with Crippen LogP contribution in [0.25, 0.3) is 0 Å². The molecule has 1 amide bonds. The highest BCUT2D eigenvalue weighted by molar-refractivity contribution is 5.76. The third-order valence-electron chi connectivity index (χ3n) is 4.33. The van der Waals surface area contributed by atoms with Gasteiger partial charge in [0.1, 0.15) is 11.9 Å². The fourth-order valence-electron chi connectivity index (χ4n) is 2.96. The number of ether oxygens (including phenoxy) is 1. The number of carbonyl (C=O) groups is 1. The molecule has 134 valence electrons. The Labute approximate surface area is 148 Å². The average Bonchev–Trinajstić information content (AvgIpc) is 3.07. The molecular formula is C18H25N5O2. The standard InChI is InChI=1S/C18H25N5O2/c1-14-10-20-18(21-14)16-13-23(8-9-25-16)17(24)5-7-22(2)12-15-4-3-6-19-11-15/h3-4,6,10-11,16H,5,7-9,12-13H2,1-2H3,(H,20,21)/t16-/m1/s1. The molecule has 0 unspecified atom stereocenters. The molecule has 2 aromatic rings. The van der Waals surface area contributed by atoms with Gasteiger partial charge in [-0.1, -0.05) is 6.07 Å². The van der Waals surface area contributed by atoms with E-state index >= 15 is 0 Å². The van der Waals surface area contributed by atoms with E-state index in [4.69, 9.17) is 4.74 Å². The highest BCUT2D eigenvalue weighted by Gasteiger charge is 2.27. The molecule has 0 aliphatic carbocycles. The minimum atomic E-state index is -0.167. The average molecular weight is 343 g/mol. The lowest BCUT2D eigenvalue weighted by atomic mass is 10.2. The second kappa shape index (κ2) is 8.22. The molecule has 0 spiro atoms. The molecule has 0 radical (unpaired) electrons. The second-order valence-electron chi connectivity index (χ2n) is 6.50. The number of nitrogens with zero attached hydrogens (tertiary/aromatic N) is 4. The Bertz CT molecular complexity index is 688. The number of hydrogen-bond acceptors (Lipinski definition) is 5. The van der Waals surface area contributed by atoms with E-state index in [9.17, 15) is 4.79 Å². The zero-order valence-electron chi connectivity index (χ0n) is 14.8. The summed E-state index contributed by atoms with van der Waals surface area (Å²) in [5, 5.41) is 0. The van der Waals surface area contributed by atoms with Gasteiger partial charge in [0.2, 0.25) is 5.91 Å². The monoisotopic (exact) mass is 343 g/mol. The molecule has 3 rings (SSSR count). The topological polar surface area (TPSA) is 74.3 Å². The Morgan fingerprint density at radius 3 is 3.08 bits per heavy atom. The summed E-state index contributed by atoms with van der Waals surface area (Å²) >= 11 is 0. The second-order valence-corrected chi connectivity index (χ2v) is 6.50. The number of morpholine rings is 1. The first-order chi connectivity index (χ1) is 12.1. The molecule has 0 aromatic carbocycles. The van der Waals surface area contributed by atoms with Crippen LogP contribution < -0.4 is 0 Å². The van der Waals surface area contributed by atoms with Crippen LogP contribution in [0.1, 0.15) is 29.6 Å². The molecule has 1 aliphatic rings. The minimum absolute atomic E-state index is 0.162. The van der Waals surface area contributed by atoms with Crippen LogP contribution in [-0.2, 0) is 16.1 Å². The van der Waals surface area contributed by atoms with Gasteiger partial charge in [0.15, 0.2) is 0 Å². The number of rotatable bonds is 6. The number of hydrogen-bond donors (Lipinski definition) is 1. The fourth-order valence-corrected chi connectivity index (χ4v) is 2.96. The zero-order valence-corrected chi connectivity index (χ0v) is 14.8. The number of aromatic nitrogens is 3. The Hall–Kier alpha value is -2.25. The highest BCUT2D eigenvalue weighted by Crippen LogP contribution is 2.20. The number of amides is 1. The van der Waals surface area contributed by atoms with Gasteiger partial charge < -0.3 is 19.5 Å². The maximum absolute atomic E-state index is 12.5. The maximum Gasteiger partial charge on any atom is 0.224 e. The number of nitrogens with one attached hydrogen (secondary N) is 1. The summed E-state index contributed by atoms with van der Waals surface area (Å²) < 4.78 is 5.76. The third kappa shape index (κ3) is 4.87. The first-order valence-electron chi connectivity index (χ1n) is 8.60. The molecule has 7 heteroatoms. The van der Waals surface area contributed by atoms with Crippen molar-refractivity contribution in [2.75, 3.05) is 33.3 Å². The van der Waals surface area contributed by atoms with E-state index in [1.807, 2.05) is 37.2 Å². The summed E-state index contributed by atoms with van der Waals surface area (Å²) in [4.78, 5) is 28.2. The molecule has 7 nitrogen and oxygen atoms in total. The largest absolute Gasteiger partial charge is 0.367 e. The molecule has 0 bridgehead atoms. The first-order valence-corrected chi connectivity index (χ1v) is 8.60. The van der Waals surface area contributed by atoms with Crippen molar-refractivity contribution in [3.05, 3.63) is 47.8 Å². The third-order valence-corrected chi connectivity index (χ3v) is 4.33. The molecule has 0 saturated carbocycles. The van der Waals surface area contributed by atoms with Gasteiger partial charge in [-0.3, -0.25) is 9.78 Å². The lowest BCUT2D eigenvalue weighted by molar-refractivity contribution is -0.139. The van der Waals surface area contributed by atoms with Crippen molar-refractivity contribution in [1.29, 1.82) is 0 Å². The molecule has 1 aliphatic heterocycles. The van der Waals surface area contributed by atoms with E-state index in [0.717, 1.165) is 30.2 Å². The van der Waals surface area contributed by atoms with Crippen molar-refractivity contribution < 1.29 is 9.53 Å². The molecular weight excluding hydrogens is 318 g/mol. The van der Waals surface area contributed by atoms with Gasteiger partial charge in [0, 0.05) is 50.3 Å². The predicted octanol–water partition coefficient (Wildman–Crippen LogP) is 1.54. The van der Waals surface area contributed by atoms with Gasteiger partial charge >= 0.3 is 0 Å². The van der Waals surface area contributed by atoms with Crippen LogP contribution in [-0.4, -0.2) is 63.9 Å². The summed E-state index contributed by atoms with van der Waals surface area (Å²) in [5.41, 5.74) is 2.15. The molecule has 1 fully saturated rings. The summed E-state index contributed by atoms with van der Waals surface area (Å²) in [6.45, 7) is 5.20. The first kappa shape index (κ1) is 17.6. The number of aryl methyl sites for hydroxylation is 1. The highest BCUT2D eigenvalue weighted by atomic mass is 16.5. The van der Waals surface area contributed by atoms with Gasteiger partial charge in [-0.2, -0.15) is 0 Å². The molecule has 1 atom stereocenters. The van der Waals surface area contributed by atoms with Gasteiger partial charge in [-0.05, 0) is 25.6 Å². The predicted molar refractivity (Wildman–Crippen MR) is 93.8 cm³/mol. The van der Waals surface area contributed by atoms with Crippen molar-refractivity contribution in [2.24, 2.45) is 0 Å². The van der Waals surface area contributed by atoms with E-state index in [1.54, 1.807) is 12.4 Å². The molecule has 1 saturated heterocycles. The Morgan fingerprint density at radius 1 is 1.48 bits per heavy atom. The molecule has 1 N–H and O–H groups in total. The van der Waals surface area contributed by atoms with Crippen molar-refractivity contribution in [2.45, 2.75) is 26.0 Å². The van der Waals surface area contributed by atoms with Crippen LogP contribution in [0, 0.1) is 6.92 Å². The number of H-pyrrole nitrogens is 1. The van der Waals surface area contributed by atoms with Gasteiger partial charge in [-0.25, -0.2) is 4.98 Å². The van der Waals surface area contributed by atoms with E-state index in [-0.39, 0.29) is 12.0 Å². The SMILES string of the molecule is Cc1cnc([C@H]2CN(C(=O)CCN(C)Cc3cccnc3)CCO2)[nH]1. The van der Waals surface area contributed by atoms with Crippen molar-refractivity contribution >= 4 is 5.91 Å². The number of aromatic amines is 1. The summed E-state index contributed by atoms with van der Waals surface area (Å²) in [6.07, 6.45) is 5.74. The number of pyridine rings is 1. The Morgan fingerprint density at radius 2 is 2.36 bits per heavy atom. The van der Waals surface area contributed by atoms with Crippen LogP contribution in [0.5, 0.6) is 0 Å². The smallest absolute Gasteiger partial charge is 0.224 e. The summed E-state index contributed by atoms with van der Waals surface area (Å²) in [6, 6.07) is 3.97. The van der Waals surface area contributed by atoms with E-state index in [2.05, 4.69) is 19.9 Å². The van der Waals surface area contributed by atoms with Crippen LogP contribution >= 0.6 is 0 Å². The fraction of sp³-hybridized carbons (Fsp3) is 0.500.